The van der Waals surface area contributed by atoms with Crippen molar-refractivity contribution >= 4 is 58.0 Å². The van der Waals surface area contributed by atoms with Gasteiger partial charge in [0.1, 0.15) is 5.75 Å². The van der Waals surface area contributed by atoms with Crippen molar-refractivity contribution in [2.75, 3.05) is 25.5 Å². The lowest BCUT2D eigenvalue weighted by molar-refractivity contribution is -0.118. The van der Waals surface area contributed by atoms with Gasteiger partial charge < -0.3 is 9.64 Å². The van der Waals surface area contributed by atoms with Crippen molar-refractivity contribution in [3.05, 3.63) is 38.8 Å². The summed E-state index contributed by atoms with van der Waals surface area (Å²) in [5.41, 5.74) is 1.07. The highest BCUT2D eigenvalue weighted by atomic mass is 35.5. The van der Waals surface area contributed by atoms with Crippen LogP contribution < -0.4 is 10.1 Å². The summed E-state index contributed by atoms with van der Waals surface area (Å²) < 4.78 is 5.41. The van der Waals surface area contributed by atoms with Gasteiger partial charge in [0.25, 0.3) is 5.91 Å². The Morgan fingerprint density at radius 1 is 1.46 bits per heavy atom. The summed E-state index contributed by atoms with van der Waals surface area (Å²) in [5.74, 6) is 0.154. The molecule has 1 amide bonds. The van der Waals surface area contributed by atoms with Crippen LogP contribution >= 0.6 is 46.9 Å². The maximum atomic E-state index is 12.0. The van der Waals surface area contributed by atoms with Gasteiger partial charge in [-0.1, -0.05) is 23.2 Å². The van der Waals surface area contributed by atoms with Crippen LogP contribution in [-0.2, 0) is 17.8 Å². The molecular weight excluding hydrogens is 393 g/mol. The minimum Gasteiger partial charge on any atom is -0.482 e. The van der Waals surface area contributed by atoms with Crippen LogP contribution in [0.1, 0.15) is 10.6 Å². The average molecular weight is 409 g/mol. The van der Waals surface area contributed by atoms with Crippen molar-refractivity contribution in [1.82, 2.24) is 9.88 Å². The van der Waals surface area contributed by atoms with Gasteiger partial charge in [-0.2, -0.15) is 0 Å². The molecule has 9 heteroatoms. The molecule has 1 aliphatic rings. The average Bonchev–Trinajstić information content (AvgIpc) is 2.87. The number of anilines is 1. The summed E-state index contributed by atoms with van der Waals surface area (Å²) in [6, 6.07) is 4.86. The third-order valence-electron chi connectivity index (χ3n) is 3.42. The molecule has 1 aliphatic heterocycles. The zero-order chi connectivity index (χ0) is 16.4. The number of fused-ring (bicyclic) bond motifs is 1. The largest absolute Gasteiger partial charge is 0.482 e. The van der Waals surface area contributed by atoms with Crippen LogP contribution in [0.5, 0.6) is 5.75 Å². The Bertz CT molecular complexity index is 739. The third-order valence-corrected chi connectivity index (χ3v) is 4.95. The lowest BCUT2D eigenvalue weighted by atomic mass is 10.2. The Labute approximate surface area is 160 Å². The van der Waals surface area contributed by atoms with Crippen molar-refractivity contribution in [2.24, 2.45) is 0 Å². The molecule has 0 saturated heterocycles. The fourth-order valence-corrected chi connectivity index (χ4v) is 3.84. The van der Waals surface area contributed by atoms with E-state index in [9.17, 15) is 4.79 Å². The molecule has 2 aromatic rings. The first-order valence-corrected chi connectivity index (χ1v) is 8.63. The first-order valence-electron chi connectivity index (χ1n) is 7.06. The number of aromatic nitrogens is 1. The zero-order valence-electron chi connectivity index (χ0n) is 12.8. The first kappa shape index (κ1) is 19.3. The lowest BCUT2D eigenvalue weighted by Crippen LogP contribution is -2.25. The highest BCUT2D eigenvalue weighted by Crippen LogP contribution is 2.29. The van der Waals surface area contributed by atoms with E-state index in [1.165, 1.54) is 16.2 Å². The number of benzene rings is 1. The maximum absolute atomic E-state index is 12.0. The minimum absolute atomic E-state index is 0. The molecule has 0 aliphatic carbocycles. The Balaban J connectivity index is 0.00000208. The number of rotatable bonds is 4. The molecule has 0 bridgehead atoms. The van der Waals surface area contributed by atoms with Crippen molar-refractivity contribution in [3.8, 4) is 5.75 Å². The lowest BCUT2D eigenvalue weighted by Gasteiger charge is -2.20. The van der Waals surface area contributed by atoms with Crippen molar-refractivity contribution < 1.29 is 9.53 Å². The SMILES string of the molecule is CN1CCc2nc(NC(=O)COc3ccc(Cl)cc3Cl)sc2C1.Cl. The van der Waals surface area contributed by atoms with Gasteiger partial charge in [0.05, 0.1) is 10.7 Å². The van der Waals surface area contributed by atoms with E-state index >= 15 is 0 Å². The van der Waals surface area contributed by atoms with Crippen LogP contribution in [0, 0.1) is 0 Å². The highest BCUT2D eigenvalue weighted by molar-refractivity contribution is 7.15. The Kier molecular flexibility index (Phi) is 6.71. The van der Waals surface area contributed by atoms with Gasteiger partial charge in [-0.3, -0.25) is 10.1 Å². The second kappa shape index (κ2) is 8.36. The van der Waals surface area contributed by atoms with Gasteiger partial charge in [-0.05, 0) is 25.2 Å². The molecule has 0 fully saturated rings. The van der Waals surface area contributed by atoms with Gasteiger partial charge in [-0.15, -0.1) is 23.7 Å². The number of carbonyl (C=O) groups is 1. The molecule has 0 saturated carbocycles. The van der Waals surface area contributed by atoms with Crippen molar-refractivity contribution in [3.63, 3.8) is 0 Å². The molecule has 3 rings (SSSR count). The summed E-state index contributed by atoms with van der Waals surface area (Å²) in [6.45, 7) is 1.73. The fourth-order valence-electron chi connectivity index (χ4n) is 2.27. The van der Waals surface area contributed by atoms with Crippen LogP contribution in [0.3, 0.4) is 0 Å². The smallest absolute Gasteiger partial charge is 0.264 e. The molecule has 1 aromatic carbocycles. The number of nitrogens with one attached hydrogen (secondary N) is 1. The van der Waals surface area contributed by atoms with Gasteiger partial charge in [0.15, 0.2) is 11.7 Å². The molecule has 130 valence electrons. The van der Waals surface area contributed by atoms with Crippen molar-refractivity contribution in [1.29, 1.82) is 0 Å². The van der Waals surface area contributed by atoms with E-state index in [1.807, 2.05) is 0 Å². The van der Waals surface area contributed by atoms with Gasteiger partial charge in [0.2, 0.25) is 0 Å². The van der Waals surface area contributed by atoms with Crippen LogP contribution in [-0.4, -0.2) is 36.0 Å². The van der Waals surface area contributed by atoms with E-state index in [0.29, 0.717) is 20.9 Å². The van der Waals surface area contributed by atoms with E-state index in [1.54, 1.807) is 18.2 Å². The predicted octanol–water partition coefficient (Wildman–Crippen LogP) is 3.88. The summed E-state index contributed by atoms with van der Waals surface area (Å²) in [6.07, 6.45) is 0.912. The second-order valence-corrected chi connectivity index (χ2v) is 7.22. The monoisotopic (exact) mass is 407 g/mol. The molecule has 0 unspecified atom stereocenters. The number of ether oxygens (including phenoxy) is 1. The Morgan fingerprint density at radius 2 is 2.25 bits per heavy atom. The third kappa shape index (κ3) is 4.74. The Hall–Kier alpha value is -1.05. The number of hydrogen-bond donors (Lipinski definition) is 1. The van der Waals surface area contributed by atoms with E-state index < -0.39 is 0 Å². The highest BCUT2D eigenvalue weighted by Gasteiger charge is 2.19. The normalized spacial score (nSPS) is 13.8. The van der Waals surface area contributed by atoms with Gasteiger partial charge in [0, 0.05) is 29.4 Å². The number of likely N-dealkylation sites (N-methyl/N-ethyl adjacent to an activating group) is 1. The van der Waals surface area contributed by atoms with Crippen LogP contribution in [0.25, 0.3) is 0 Å². The summed E-state index contributed by atoms with van der Waals surface area (Å²) in [7, 11) is 2.07. The molecular formula is C15H16Cl3N3O2S. The maximum Gasteiger partial charge on any atom is 0.264 e. The predicted molar refractivity (Wildman–Crippen MR) is 100.0 cm³/mol. The number of halogens is 3. The molecule has 0 atom stereocenters. The number of carbonyl (C=O) groups excluding carboxylic acids is 1. The molecule has 5 nitrogen and oxygen atoms in total. The number of amides is 1. The summed E-state index contributed by atoms with van der Waals surface area (Å²) in [4.78, 5) is 19.9. The van der Waals surface area contributed by atoms with E-state index in [4.69, 9.17) is 27.9 Å². The van der Waals surface area contributed by atoms with Gasteiger partial charge >= 0.3 is 0 Å². The van der Waals surface area contributed by atoms with E-state index in [2.05, 4.69) is 22.2 Å². The van der Waals surface area contributed by atoms with Crippen LogP contribution in [0.2, 0.25) is 10.0 Å². The Morgan fingerprint density at radius 3 is 3.00 bits per heavy atom. The quantitative estimate of drug-likeness (QED) is 0.834. The van der Waals surface area contributed by atoms with Crippen LogP contribution in [0.15, 0.2) is 18.2 Å². The number of nitrogens with zero attached hydrogens (tertiary/aromatic N) is 2. The minimum atomic E-state index is -0.268. The topological polar surface area (TPSA) is 54.5 Å². The standard InChI is InChI=1S/C15H15Cl2N3O2S.ClH/c1-20-5-4-11-13(7-20)23-15(18-11)19-14(21)8-22-12-3-2-9(16)6-10(12)17;/h2-3,6H,4-5,7-8H2,1H3,(H,18,19,21);1H. The zero-order valence-corrected chi connectivity index (χ0v) is 16.0. The molecule has 1 aromatic heterocycles. The van der Waals surface area contributed by atoms with Crippen LogP contribution in [0.4, 0.5) is 5.13 Å². The molecule has 24 heavy (non-hydrogen) atoms. The van der Waals surface area contributed by atoms with Gasteiger partial charge in [-0.25, -0.2) is 4.98 Å². The number of hydrogen-bond acceptors (Lipinski definition) is 5. The molecule has 0 radical (unpaired) electrons. The van der Waals surface area contributed by atoms with E-state index in [0.717, 1.165) is 25.2 Å². The van der Waals surface area contributed by atoms with E-state index in [-0.39, 0.29) is 24.9 Å². The first-order chi connectivity index (χ1) is 11.0. The summed E-state index contributed by atoms with van der Waals surface area (Å²) >= 11 is 13.3. The van der Waals surface area contributed by atoms with Crippen molar-refractivity contribution in [2.45, 2.75) is 13.0 Å². The second-order valence-electron chi connectivity index (χ2n) is 5.29. The molecule has 2 heterocycles. The summed E-state index contributed by atoms with van der Waals surface area (Å²) in [5, 5.41) is 4.27. The fraction of sp³-hybridized carbons (Fsp3) is 0.333. The molecule has 0 spiro atoms. The molecule has 1 N–H and O–H groups in total. The number of thiazole rings is 1.